The first-order valence-corrected chi connectivity index (χ1v) is 10.6. The number of aliphatic imine (C=N–C) groups is 1. The van der Waals surface area contributed by atoms with Crippen LogP contribution in [0.15, 0.2) is 33.7 Å². The first-order chi connectivity index (χ1) is 11.4. The molecule has 0 bridgehead atoms. The summed E-state index contributed by atoms with van der Waals surface area (Å²) in [6, 6.07) is 9.19. The van der Waals surface area contributed by atoms with Gasteiger partial charge in [0.05, 0.1) is 13.3 Å². The molecule has 0 aromatic heterocycles. The van der Waals surface area contributed by atoms with Gasteiger partial charge in [0.25, 0.3) is 0 Å². The van der Waals surface area contributed by atoms with Gasteiger partial charge in [0.15, 0.2) is 5.17 Å². The first kappa shape index (κ1) is 18.3. The average molecular weight is 410 g/mol. The van der Waals surface area contributed by atoms with E-state index in [1.165, 1.54) is 24.8 Å². The fourth-order valence-corrected chi connectivity index (χ4v) is 5.15. The second kappa shape index (κ2) is 7.79. The van der Waals surface area contributed by atoms with E-state index in [2.05, 4.69) is 71.2 Å². The number of nitrogens with one attached hydrogen (secondary N) is 1. The lowest BCUT2D eigenvalue weighted by atomic mass is 9.70. The molecule has 2 unspecified atom stereocenters. The normalized spacial score (nSPS) is 27.4. The minimum atomic E-state index is 0.461. The van der Waals surface area contributed by atoms with Gasteiger partial charge in [0.2, 0.25) is 0 Å². The van der Waals surface area contributed by atoms with E-state index in [1.807, 2.05) is 0 Å². The lowest BCUT2D eigenvalue weighted by Crippen LogP contribution is -2.50. The van der Waals surface area contributed by atoms with Gasteiger partial charge in [0, 0.05) is 16.3 Å². The van der Waals surface area contributed by atoms with Crippen molar-refractivity contribution >= 4 is 32.9 Å². The fraction of sp³-hybridized carbons (Fsp3) is 0.632. The summed E-state index contributed by atoms with van der Waals surface area (Å²) in [5.41, 5.74) is 1.79. The minimum Gasteiger partial charge on any atom is -0.352 e. The Bertz CT molecular complexity index is 585. The standard InChI is InChI=1S/C19H28BrN3S/c1-14-8-17(10-19(2,3)9-14)23-12-21-18(22-13-23)24-11-15-4-6-16(20)7-5-15/h4-7,14,17H,8-13H2,1-3H3,(H,21,22). The predicted molar refractivity (Wildman–Crippen MR) is 108 cm³/mol. The third-order valence-electron chi connectivity index (χ3n) is 5.00. The van der Waals surface area contributed by atoms with Gasteiger partial charge in [-0.1, -0.05) is 60.6 Å². The Morgan fingerprint density at radius 2 is 2.04 bits per heavy atom. The highest BCUT2D eigenvalue weighted by Crippen LogP contribution is 2.40. The third kappa shape index (κ3) is 4.99. The molecule has 3 nitrogen and oxygen atoms in total. The van der Waals surface area contributed by atoms with Crippen molar-refractivity contribution in [3.63, 3.8) is 0 Å². The van der Waals surface area contributed by atoms with Crippen LogP contribution in [0.3, 0.4) is 0 Å². The molecule has 0 amide bonds. The van der Waals surface area contributed by atoms with Crippen LogP contribution in [0, 0.1) is 11.3 Å². The maximum absolute atomic E-state index is 4.78. The van der Waals surface area contributed by atoms with Crippen molar-refractivity contribution in [3.05, 3.63) is 34.3 Å². The van der Waals surface area contributed by atoms with Crippen molar-refractivity contribution in [3.8, 4) is 0 Å². The Kier molecular flexibility index (Phi) is 5.94. The van der Waals surface area contributed by atoms with Crippen molar-refractivity contribution in [2.75, 3.05) is 13.3 Å². The molecule has 1 heterocycles. The number of hydrogen-bond acceptors (Lipinski definition) is 4. The number of thioether (sulfide) groups is 1. The molecule has 1 aliphatic carbocycles. The van der Waals surface area contributed by atoms with Crippen molar-refractivity contribution in [2.45, 2.75) is 51.8 Å². The lowest BCUT2D eigenvalue weighted by molar-refractivity contribution is 0.0642. The molecule has 2 aliphatic rings. The van der Waals surface area contributed by atoms with E-state index in [9.17, 15) is 0 Å². The molecule has 24 heavy (non-hydrogen) atoms. The smallest absolute Gasteiger partial charge is 0.159 e. The van der Waals surface area contributed by atoms with Crippen LogP contribution in [-0.4, -0.2) is 29.4 Å². The molecule has 1 N–H and O–H groups in total. The molecule has 0 radical (unpaired) electrons. The van der Waals surface area contributed by atoms with E-state index < -0.39 is 0 Å². The van der Waals surface area contributed by atoms with Crippen molar-refractivity contribution in [1.82, 2.24) is 10.2 Å². The van der Waals surface area contributed by atoms with Gasteiger partial charge in [-0.3, -0.25) is 4.90 Å². The highest BCUT2D eigenvalue weighted by atomic mass is 79.9. The van der Waals surface area contributed by atoms with Gasteiger partial charge >= 0.3 is 0 Å². The Labute approximate surface area is 158 Å². The summed E-state index contributed by atoms with van der Waals surface area (Å²) in [6.45, 7) is 8.99. The number of hydrogen-bond donors (Lipinski definition) is 1. The highest BCUT2D eigenvalue weighted by Gasteiger charge is 2.35. The SMILES string of the molecule is CC1CC(N2CN=C(SCc3ccc(Br)cc3)NC2)CC(C)(C)C1. The zero-order valence-electron chi connectivity index (χ0n) is 14.9. The molecular weight excluding hydrogens is 382 g/mol. The Hall–Kier alpha value is -0.520. The van der Waals surface area contributed by atoms with Crippen LogP contribution in [0.5, 0.6) is 0 Å². The van der Waals surface area contributed by atoms with Crippen LogP contribution in [0.1, 0.15) is 45.6 Å². The molecule has 1 fully saturated rings. The number of amidine groups is 1. The molecule has 132 valence electrons. The Morgan fingerprint density at radius 3 is 2.67 bits per heavy atom. The highest BCUT2D eigenvalue weighted by molar-refractivity contribution is 9.10. The Balaban J connectivity index is 1.51. The predicted octanol–water partition coefficient (Wildman–Crippen LogP) is 5.07. The number of nitrogens with zero attached hydrogens (tertiary/aromatic N) is 2. The summed E-state index contributed by atoms with van der Waals surface area (Å²) in [5, 5.41) is 4.60. The molecule has 5 heteroatoms. The summed E-state index contributed by atoms with van der Waals surface area (Å²) in [6.07, 6.45) is 3.94. The molecule has 1 aromatic rings. The topological polar surface area (TPSA) is 27.6 Å². The van der Waals surface area contributed by atoms with E-state index >= 15 is 0 Å². The lowest BCUT2D eigenvalue weighted by Gasteiger charge is -2.44. The average Bonchev–Trinajstić information content (AvgIpc) is 2.53. The summed E-state index contributed by atoms with van der Waals surface area (Å²) in [7, 11) is 0. The maximum Gasteiger partial charge on any atom is 0.159 e. The fourth-order valence-electron chi connectivity index (χ4n) is 4.08. The van der Waals surface area contributed by atoms with Gasteiger partial charge < -0.3 is 5.32 Å². The Morgan fingerprint density at radius 1 is 1.29 bits per heavy atom. The second-order valence-corrected chi connectivity index (χ2v) is 9.89. The molecule has 1 aliphatic heterocycles. The molecule has 3 rings (SSSR count). The van der Waals surface area contributed by atoms with Crippen LogP contribution < -0.4 is 5.32 Å². The van der Waals surface area contributed by atoms with Crippen LogP contribution in [0.4, 0.5) is 0 Å². The van der Waals surface area contributed by atoms with Gasteiger partial charge in [-0.15, -0.1) is 0 Å². The summed E-state index contributed by atoms with van der Waals surface area (Å²) in [5.74, 6) is 1.78. The van der Waals surface area contributed by atoms with E-state index in [1.54, 1.807) is 11.8 Å². The number of benzene rings is 1. The monoisotopic (exact) mass is 409 g/mol. The van der Waals surface area contributed by atoms with Crippen LogP contribution in [-0.2, 0) is 5.75 Å². The van der Waals surface area contributed by atoms with Gasteiger partial charge in [-0.25, -0.2) is 4.99 Å². The van der Waals surface area contributed by atoms with Crippen LogP contribution in [0.2, 0.25) is 0 Å². The summed E-state index contributed by atoms with van der Waals surface area (Å²) < 4.78 is 1.13. The molecule has 1 saturated carbocycles. The van der Waals surface area contributed by atoms with Gasteiger partial charge in [-0.05, 0) is 48.3 Å². The number of rotatable bonds is 3. The minimum absolute atomic E-state index is 0.461. The maximum atomic E-state index is 4.78. The summed E-state index contributed by atoms with van der Waals surface area (Å²) in [4.78, 5) is 7.29. The van der Waals surface area contributed by atoms with Crippen molar-refractivity contribution in [2.24, 2.45) is 16.3 Å². The second-order valence-electron chi connectivity index (χ2n) is 8.01. The largest absolute Gasteiger partial charge is 0.352 e. The summed E-state index contributed by atoms with van der Waals surface area (Å²) >= 11 is 5.28. The van der Waals surface area contributed by atoms with Gasteiger partial charge in [-0.2, -0.15) is 0 Å². The zero-order valence-corrected chi connectivity index (χ0v) is 17.3. The first-order valence-electron chi connectivity index (χ1n) is 8.81. The molecule has 0 saturated heterocycles. The van der Waals surface area contributed by atoms with E-state index in [0.717, 1.165) is 34.6 Å². The van der Waals surface area contributed by atoms with Crippen molar-refractivity contribution in [1.29, 1.82) is 0 Å². The zero-order chi connectivity index (χ0) is 17.2. The van der Waals surface area contributed by atoms with Gasteiger partial charge in [0.1, 0.15) is 0 Å². The molecular formula is C19H28BrN3S. The van der Waals surface area contributed by atoms with Crippen LogP contribution in [0.25, 0.3) is 0 Å². The third-order valence-corrected chi connectivity index (χ3v) is 6.55. The van der Waals surface area contributed by atoms with E-state index in [-0.39, 0.29) is 0 Å². The number of halogens is 1. The van der Waals surface area contributed by atoms with E-state index in [0.29, 0.717) is 11.5 Å². The van der Waals surface area contributed by atoms with E-state index in [4.69, 9.17) is 4.99 Å². The van der Waals surface area contributed by atoms with Crippen LogP contribution >= 0.6 is 27.7 Å². The van der Waals surface area contributed by atoms with Crippen molar-refractivity contribution < 1.29 is 0 Å². The molecule has 2 atom stereocenters. The quantitative estimate of drug-likeness (QED) is 0.754. The molecule has 1 aromatic carbocycles. The molecule has 0 spiro atoms.